The van der Waals surface area contributed by atoms with Crippen LogP contribution in [0.1, 0.15) is 10.4 Å². The van der Waals surface area contributed by atoms with E-state index in [0.717, 1.165) is 24.5 Å². The molecule has 0 radical (unpaired) electrons. The maximum Gasteiger partial charge on any atom is 0.255 e. The van der Waals surface area contributed by atoms with Crippen molar-refractivity contribution in [2.45, 2.75) is 0 Å². The molecule has 1 amide bonds. The minimum absolute atomic E-state index is 0. The highest BCUT2D eigenvalue weighted by Gasteiger charge is 2.16. The number of morpholine rings is 1. The van der Waals surface area contributed by atoms with E-state index in [0.29, 0.717) is 18.8 Å². The summed E-state index contributed by atoms with van der Waals surface area (Å²) >= 11 is 0. The quantitative estimate of drug-likeness (QED) is 0.945. The first kappa shape index (κ1) is 16.3. The Bertz CT molecular complexity index is 616. The zero-order chi connectivity index (χ0) is 14.5. The van der Waals surface area contributed by atoms with E-state index in [1.807, 2.05) is 24.3 Å². The molecule has 1 saturated heterocycles. The molecule has 0 unspecified atom stereocenters. The highest BCUT2D eigenvalue weighted by molar-refractivity contribution is 6.05. The first-order chi connectivity index (χ1) is 10.3. The number of carbonyl (C=O) groups excluding carboxylic acids is 1. The van der Waals surface area contributed by atoms with Crippen LogP contribution in [0.15, 0.2) is 48.8 Å². The van der Waals surface area contributed by atoms with Crippen molar-refractivity contribution in [1.82, 2.24) is 4.98 Å². The van der Waals surface area contributed by atoms with Gasteiger partial charge in [0.25, 0.3) is 5.91 Å². The highest BCUT2D eigenvalue weighted by atomic mass is 35.5. The summed E-state index contributed by atoms with van der Waals surface area (Å²) in [6.07, 6.45) is 3.23. The van der Waals surface area contributed by atoms with Gasteiger partial charge in [-0.3, -0.25) is 9.78 Å². The molecule has 1 aliphatic rings. The van der Waals surface area contributed by atoms with Gasteiger partial charge >= 0.3 is 0 Å². The minimum Gasteiger partial charge on any atom is -0.378 e. The molecule has 1 aliphatic heterocycles. The topological polar surface area (TPSA) is 54.5 Å². The summed E-state index contributed by atoms with van der Waals surface area (Å²) in [5, 5.41) is 2.97. The molecule has 5 nitrogen and oxygen atoms in total. The Morgan fingerprint density at radius 3 is 2.50 bits per heavy atom. The number of benzene rings is 1. The Balaban J connectivity index is 0.00000176. The number of amides is 1. The minimum atomic E-state index is -0.127. The smallest absolute Gasteiger partial charge is 0.255 e. The number of hydrogen-bond acceptors (Lipinski definition) is 4. The number of nitrogens with zero attached hydrogens (tertiary/aromatic N) is 2. The first-order valence-electron chi connectivity index (χ1n) is 6.98. The number of halogens is 1. The monoisotopic (exact) mass is 319 g/mol. The van der Waals surface area contributed by atoms with Gasteiger partial charge in [0.15, 0.2) is 0 Å². The van der Waals surface area contributed by atoms with Gasteiger partial charge in [-0.05, 0) is 24.3 Å². The largest absolute Gasteiger partial charge is 0.378 e. The molecule has 1 aromatic heterocycles. The number of nitrogens with one attached hydrogen (secondary N) is 1. The van der Waals surface area contributed by atoms with Crippen molar-refractivity contribution in [3.05, 3.63) is 54.4 Å². The number of aromatic nitrogens is 1. The Morgan fingerprint density at radius 2 is 1.77 bits per heavy atom. The molecule has 0 atom stereocenters. The van der Waals surface area contributed by atoms with Crippen molar-refractivity contribution in [3.8, 4) is 0 Å². The Kier molecular flexibility index (Phi) is 5.75. The number of pyridine rings is 1. The third kappa shape index (κ3) is 3.75. The van der Waals surface area contributed by atoms with Gasteiger partial charge in [-0.2, -0.15) is 0 Å². The van der Waals surface area contributed by atoms with Crippen LogP contribution in [0.2, 0.25) is 0 Å². The van der Waals surface area contributed by atoms with E-state index in [2.05, 4.69) is 15.2 Å². The number of para-hydroxylation sites is 2. The lowest BCUT2D eigenvalue weighted by atomic mass is 10.2. The fourth-order valence-corrected chi connectivity index (χ4v) is 2.36. The van der Waals surface area contributed by atoms with Crippen LogP contribution in [-0.4, -0.2) is 37.2 Å². The van der Waals surface area contributed by atoms with E-state index in [1.54, 1.807) is 24.5 Å². The SMILES string of the molecule is Cl.O=C(Nc1ccccc1N1CCOCC1)c1ccncc1. The van der Waals surface area contributed by atoms with Crippen LogP contribution in [0.5, 0.6) is 0 Å². The van der Waals surface area contributed by atoms with Crippen LogP contribution in [0, 0.1) is 0 Å². The van der Waals surface area contributed by atoms with E-state index < -0.39 is 0 Å². The van der Waals surface area contributed by atoms with Crippen molar-refractivity contribution >= 4 is 29.7 Å². The van der Waals surface area contributed by atoms with Crippen LogP contribution in [-0.2, 0) is 4.74 Å². The molecule has 3 rings (SSSR count). The molecule has 1 fully saturated rings. The molecule has 0 saturated carbocycles. The molecule has 1 aromatic carbocycles. The standard InChI is InChI=1S/C16H17N3O2.ClH/c20-16(13-5-7-17-8-6-13)18-14-3-1-2-4-15(14)19-9-11-21-12-10-19;/h1-8H,9-12H2,(H,18,20);1H. The molecule has 0 aliphatic carbocycles. The Morgan fingerprint density at radius 1 is 1.09 bits per heavy atom. The van der Waals surface area contributed by atoms with E-state index in [9.17, 15) is 4.79 Å². The summed E-state index contributed by atoms with van der Waals surface area (Å²) in [6.45, 7) is 3.10. The number of carbonyl (C=O) groups is 1. The second kappa shape index (κ2) is 7.77. The maximum atomic E-state index is 12.3. The van der Waals surface area contributed by atoms with Gasteiger partial charge in [0.2, 0.25) is 0 Å². The Hall–Kier alpha value is -2.11. The number of rotatable bonds is 3. The van der Waals surface area contributed by atoms with Gasteiger partial charge in [0.1, 0.15) is 0 Å². The molecule has 2 heterocycles. The maximum absolute atomic E-state index is 12.3. The van der Waals surface area contributed by atoms with Crippen molar-refractivity contribution in [1.29, 1.82) is 0 Å². The number of anilines is 2. The molecule has 1 N–H and O–H groups in total. The molecular formula is C16H18ClN3O2. The first-order valence-corrected chi connectivity index (χ1v) is 6.98. The van der Waals surface area contributed by atoms with E-state index in [4.69, 9.17) is 4.74 Å². The average molecular weight is 320 g/mol. The van der Waals surface area contributed by atoms with Crippen molar-refractivity contribution in [3.63, 3.8) is 0 Å². The predicted octanol–water partition coefficient (Wildman–Crippen LogP) is 2.59. The fraction of sp³-hybridized carbons (Fsp3) is 0.250. The van der Waals surface area contributed by atoms with Gasteiger partial charge in [0, 0.05) is 31.0 Å². The summed E-state index contributed by atoms with van der Waals surface area (Å²) in [5.74, 6) is -0.127. The van der Waals surface area contributed by atoms with E-state index >= 15 is 0 Å². The van der Waals surface area contributed by atoms with Gasteiger partial charge in [-0.15, -0.1) is 12.4 Å². The molecule has 22 heavy (non-hydrogen) atoms. The van der Waals surface area contributed by atoms with Crippen molar-refractivity contribution < 1.29 is 9.53 Å². The summed E-state index contributed by atoms with van der Waals surface area (Å²) in [6, 6.07) is 11.2. The van der Waals surface area contributed by atoms with Crippen LogP contribution in [0.25, 0.3) is 0 Å². The third-order valence-corrected chi connectivity index (χ3v) is 3.45. The zero-order valence-corrected chi connectivity index (χ0v) is 12.9. The molecule has 6 heteroatoms. The summed E-state index contributed by atoms with van der Waals surface area (Å²) < 4.78 is 5.38. The lowest BCUT2D eigenvalue weighted by Crippen LogP contribution is -2.36. The van der Waals surface area contributed by atoms with Crippen LogP contribution in [0.3, 0.4) is 0 Å². The summed E-state index contributed by atoms with van der Waals surface area (Å²) in [4.78, 5) is 18.4. The predicted molar refractivity (Wildman–Crippen MR) is 88.9 cm³/mol. The zero-order valence-electron chi connectivity index (χ0n) is 12.1. The van der Waals surface area contributed by atoms with Crippen LogP contribution >= 0.6 is 12.4 Å². The highest BCUT2D eigenvalue weighted by Crippen LogP contribution is 2.26. The summed E-state index contributed by atoms with van der Waals surface area (Å²) in [7, 11) is 0. The van der Waals surface area contributed by atoms with Crippen LogP contribution < -0.4 is 10.2 Å². The lowest BCUT2D eigenvalue weighted by Gasteiger charge is -2.30. The lowest BCUT2D eigenvalue weighted by molar-refractivity contribution is 0.102. The molecule has 116 valence electrons. The van der Waals surface area contributed by atoms with Crippen molar-refractivity contribution in [2.24, 2.45) is 0 Å². The van der Waals surface area contributed by atoms with Gasteiger partial charge in [-0.25, -0.2) is 0 Å². The van der Waals surface area contributed by atoms with E-state index in [1.165, 1.54) is 0 Å². The van der Waals surface area contributed by atoms with Crippen molar-refractivity contribution in [2.75, 3.05) is 36.5 Å². The van der Waals surface area contributed by atoms with Gasteiger partial charge < -0.3 is 15.0 Å². The third-order valence-electron chi connectivity index (χ3n) is 3.45. The fourth-order valence-electron chi connectivity index (χ4n) is 2.36. The number of hydrogen-bond donors (Lipinski definition) is 1. The molecule has 0 spiro atoms. The van der Waals surface area contributed by atoms with E-state index in [-0.39, 0.29) is 18.3 Å². The Labute approximate surface area is 135 Å². The normalized spacial score (nSPS) is 14.1. The molecule has 0 bridgehead atoms. The van der Waals surface area contributed by atoms with Crippen LogP contribution in [0.4, 0.5) is 11.4 Å². The van der Waals surface area contributed by atoms with Gasteiger partial charge in [-0.1, -0.05) is 12.1 Å². The molecular weight excluding hydrogens is 302 g/mol. The summed E-state index contributed by atoms with van der Waals surface area (Å²) in [5.41, 5.74) is 2.45. The second-order valence-electron chi connectivity index (χ2n) is 4.81. The second-order valence-corrected chi connectivity index (χ2v) is 4.81. The van der Waals surface area contributed by atoms with Gasteiger partial charge in [0.05, 0.1) is 24.6 Å². The number of ether oxygens (including phenoxy) is 1. The average Bonchev–Trinajstić information content (AvgIpc) is 2.57. The molecule has 2 aromatic rings.